The second-order valence-electron chi connectivity index (χ2n) is 7.51. The standard InChI is InChI=1S/C19H25N5O3/c1-12(2)22-5-7-23(8-6-22)16(25)11-24-19(26)17-14(10-20-24)18-15(21(17)4)9-13(3)27-18/h9-10,12H,5-8,11H2,1-4H3. The zero-order chi connectivity index (χ0) is 19.3. The third kappa shape index (κ3) is 2.93. The SMILES string of the molecule is Cc1cc2c(o1)c1cnn(CC(=O)N3CCN(C(C)C)CC3)c(=O)c1n2C. The maximum absolute atomic E-state index is 12.9. The van der Waals surface area contributed by atoms with Crippen molar-refractivity contribution in [1.29, 1.82) is 0 Å². The van der Waals surface area contributed by atoms with E-state index in [0.717, 1.165) is 24.4 Å². The van der Waals surface area contributed by atoms with E-state index in [1.807, 2.05) is 29.5 Å². The van der Waals surface area contributed by atoms with Crippen molar-refractivity contribution in [2.24, 2.45) is 7.05 Å². The molecule has 0 saturated carbocycles. The molecule has 8 heteroatoms. The van der Waals surface area contributed by atoms with Crippen LogP contribution in [0.3, 0.4) is 0 Å². The molecule has 0 aliphatic carbocycles. The summed E-state index contributed by atoms with van der Waals surface area (Å²) in [4.78, 5) is 29.8. The molecule has 0 bridgehead atoms. The lowest BCUT2D eigenvalue weighted by molar-refractivity contribution is -0.134. The average molecular weight is 371 g/mol. The molecule has 0 radical (unpaired) electrons. The summed E-state index contributed by atoms with van der Waals surface area (Å²) < 4.78 is 8.78. The molecular weight excluding hydrogens is 346 g/mol. The second kappa shape index (κ2) is 6.53. The maximum atomic E-state index is 12.9. The number of aryl methyl sites for hydroxylation is 2. The smallest absolute Gasteiger partial charge is 0.291 e. The van der Waals surface area contributed by atoms with Crippen molar-refractivity contribution >= 4 is 27.9 Å². The molecule has 1 saturated heterocycles. The predicted molar refractivity (Wildman–Crippen MR) is 103 cm³/mol. The Kier molecular flexibility index (Phi) is 4.30. The Bertz CT molecular complexity index is 1070. The first kappa shape index (κ1) is 17.8. The molecule has 27 heavy (non-hydrogen) atoms. The van der Waals surface area contributed by atoms with Crippen LogP contribution in [0, 0.1) is 6.92 Å². The molecule has 0 atom stereocenters. The lowest BCUT2D eigenvalue weighted by atomic mass is 10.2. The van der Waals surface area contributed by atoms with Gasteiger partial charge in [0, 0.05) is 45.3 Å². The van der Waals surface area contributed by atoms with Gasteiger partial charge < -0.3 is 13.9 Å². The fraction of sp³-hybridized carbons (Fsp3) is 0.526. The van der Waals surface area contributed by atoms with Gasteiger partial charge in [-0.15, -0.1) is 0 Å². The minimum absolute atomic E-state index is 0.0397. The van der Waals surface area contributed by atoms with Crippen molar-refractivity contribution in [2.75, 3.05) is 26.2 Å². The topological polar surface area (TPSA) is 76.5 Å². The van der Waals surface area contributed by atoms with Gasteiger partial charge in [-0.25, -0.2) is 4.68 Å². The summed E-state index contributed by atoms with van der Waals surface area (Å²) in [5.41, 5.74) is 1.76. The van der Waals surface area contributed by atoms with Crippen molar-refractivity contribution in [2.45, 2.75) is 33.4 Å². The van der Waals surface area contributed by atoms with E-state index in [1.165, 1.54) is 4.68 Å². The Morgan fingerprint density at radius 2 is 1.96 bits per heavy atom. The number of carbonyl (C=O) groups is 1. The molecule has 4 rings (SSSR count). The van der Waals surface area contributed by atoms with Gasteiger partial charge in [0.25, 0.3) is 5.56 Å². The number of fused-ring (bicyclic) bond motifs is 3. The van der Waals surface area contributed by atoms with E-state index >= 15 is 0 Å². The Morgan fingerprint density at radius 1 is 1.26 bits per heavy atom. The zero-order valence-electron chi connectivity index (χ0n) is 16.2. The van der Waals surface area contributed by atoms with Gasteiger partial charge in [0.15, 0.2) is 5.58 Å². The Hall–Kier alpha value is -2.61. The van der Waals surface area contributed by atoms with Crippen LogP contribution in [0.5, 0.6) is 0 Å². The van der Waals surface area contributed by atoms with Crippen LogP contribution in [0.4, 0.5) is 0 Å². The molecule has 144 valence electrons. The van der Waals surface area contributed by atoms with Crippen LogP contribution in [-0.2, 0) is 18.4 Å². The molecule has 0 N–H and O–H groups in total. The molecule has 1 fully saturated rings. The molecule has 4 heterocycles. The largest absolute Gasteiger partial charge is 0.459 e. The van der Waals surface area contributed by atoms with Gasteiger partial charge in [0.1, 0.15) is 17.8 Å². The Morgan fingerprint density at radius 3 is 2.63 bits per heavy atom. The molecule has 0 unspecified atom stereocenters. The van der Waals surface area contributed by atoms with Crippen LogP contribution >= 0.6 is 0 Å². The molecule has 1 aliphatic heterocycles. The second-order valence-corrected chi connectivity index (χ2v) is 7.51. The van der Waals surface area contributed by atoms with Crippen LogP contribution in [0.1, 0.15) is 19.6 Å². The lowest BCUT2D eigenvalue weighted by Crippen LogP contribution is -2.51. The maximum Gasteiger partial charge on any atom is 0.291 e. The average Bonchev–Trinajstić information content (AvgIpc) is 3.14. The van der Waals surface area contributed by atoms with Crippen molar-refractivity contribution in [1.82, 2.24) is 24.1 Å². The van der Waals surface area contributed by atoms with Crippen LogP contribution in [0.25, 0.3) is 22.0 Å². The van der Waals surface area contributed by atoms with E-state index < -0.39 is 0 Å². The lowest BCUT2D eigenvalue weighted by Gasteiger charge is -2.36. The predicted octanol–water partition coefficient (Wildman–Crippen LogP) is 1.34. The van der Waals surface area contributed by atoms with Crippen molar-refractivity contribution in [3.05, 3.63) is 28.4 Å². The first-order valence-electron chi connectivity index (χ1n) is 9.33. The van der Waals surface area contributed by atoms with Gasteiger partial charge in [-0.05, 0) is 20.8 Å². The number of rotatable bonds is 3. The van der Waals surface area contributed by atoms with Crippen molar-refractivity contribution in [3.8, 4) is 0 Å². The van der Waals surface area contributed by atoms with E-state index in [4.69, 9.17) is 4.42 Å². The number of hydrogen-bond acceptors (Lipinski definition) is 5. The van der Waals surface area contributed by atoms with Crippen molar-refractivity contribution in [3.63, 3.8) is 0 Å². The number of amides is 1. The summed E-state index contributed by atoms with van der Waals surface area (Å²) in [6.07, 6.45) is 1.62. The molecule has 3 aromatic rings. The summed E-state index contributed by atoms with van der Waals surface area (Å²) in [5, 5.41) is 4.91. The molecule has 1 amide bonds. The molecule has 0 aromatic carbocycles. The van der Waals surface area contributed by atoms with Crippen LogP contribution in [-0.4, -0.2) is 62.3 Å². The fourth-order valence-corrected chi connectivity index (χ4v) is 3.86. The van der Waals surface area contributed by atoms with E-state index in [1.54, 1.807) is 6.20 Å². The molecule has 1 aliphatic rings. The van der Waals surface area contributed by atoms with Gasteiger partial charge in [-0.1, -0.05) is 0 Å². The highest BCUT2D eigenvalue weighted by Crippen LogP contribution is 2.28. The normalized spacial score (nSPS) is 16.1. The van der Waals surface area contributed by atoms with Gasteiger partial charge in [0.05, 0.1) is 17.1 Å². The number of hydrogen-bond donors (Lipinski definition) is 0. The minimum Gasteiger partial charge on any atom is -0.459 e. The fourth-order valence-electron chi connectivity index (χ4n) is 3.86. The highest BCUT2D eigenvalue weighted by atomic mass is 16.3. The quantitative estimate of drug-likeness (QED) is 0.694. The third-order valence-electron chi connectivity index (χ3n) is 5.48. The minimum atomic E-state index is -0.270. The van der Waals surface area contributed by atoms with Crippen LogP contribution in [0.15, 0.2) is 21.5 Å². The zero-order valence-corrected chi connectivity index (χ0v) is 16.2. The number of nitrogens with zero attached hydrogens (tertiary/aromatic N) is 5. The summed E-state index contributed by atoms with van der Waals surface area (Å²) in [6.45, 7) is 9.24. The van der Waals surface area contributed by atoms with Gasteiger partial charge in [0.2, 0.25) is 5.91 Å². The number of carbonyl (C=O) groups excluding carboxylic acids is 1. The summed E-state index contributed by atoms with van der Waals surface area (Å²) >= 11 is 0. The van der Waals surface area contributed by atoms with Crippen molar-refractivity contribution < 1.29 is 9.21 Å². The molecular formula is C19H25N5O3. The number of piperazine rings is 1. The van der Waals surface area contributed by atoms with Crippen LogP contribution in [0.2, 0.25) is 0 Å². The first-order chi connectivity index (χ1) is 12.9. The van der Waals surface area contributed by atoms with E-state index in [0.29, 0.717) is 35.6 Å². The van der Waals surface area contributed by atoms with Gasteiger partial charge in [-0.3, -0.25) is 14.5 Å². The highest BCUT2D eigenvalue weighted by molar-refractivity contribution is 6.04. The summed E-state index contributed by atoms with van der Waals surface area (Å²) in [5.74, 6) is 0.721. The highest BCUT2D eigenvalue weighted by Gasteiger charge is 2.24. The van der Waals surface area contributed by atoms with E-state index in [-0.39, 0.29) is 18.0 Å². The van der Waals surface area contributed by atoms with Gasteiger partial charge in [-0.2, -0.15) is 5.10 Å². The molecule has 8 nitrogen and oxygen atoms in total. The number of aromatic nitrogens is 3. The van der Waals surface area contributed by atoms with E-state index in [9.17, 15) is 9.59 Å². The van der Waals surface area contributed by atoms with E-state index in [2.05, 4.69) is 23.8 Å². The summed E-state index contributed by atoms with van der Waals surface area (Å²) in [7, 11) is 1.83. The molecule has 3 aromatic heterocycles. The van der Waals surface area contributed by atoms with Gasteiger partial charge >= 0.3 is 0 Å². The summed E-state index contributed by atoms with van der Waals surface area (Å²) in [6, 6.07) is 2.38. The Labute approximate surface area is 156 Å². The third-order valence-corrected chi connectivity index (χ3v) is 5.48. The van der Waals surface area contributed by atoms with Crippen LogP contribution < -0.4 is 5.56 Å². The number of furan rings is 1. The first-order valence-corrected chi connectivity index (χ1v) is 9.33. The molecule has 0 spiro atoms. The Balaban J connectivity index is 1.59. The monoisotopic (exact) mass is 371 g/mol.